The number of ether oxygens (including phenoxy) is 1. The molecule has 1 rings (SSSR count). The van der Waals surface area contributed by atoms with Crippen LogP contribution in [0.15, 0.2) is 116 Å². The van der Waals surface area contributed by atoms with Crippen LogP contribution >= 0.6 is 7.82 Å². The second-order valence-corrected chi connectivity index (χ2v) is 20.0. The average Bonchev–Trinajstić information content (AvgIpc) is 3.47. The van der Waals surface area contributed by atoms with Gasteiger partial charge in [-0.05, 0) is 192 Å². The molecule has 1 heterocycles. The molecule has 0 radical (unpaired) electrons. The van der Waals surface area contributed by atoms with Crippen LogP contribution in [0.5, 0.6) is 0 Å². The van der Waals surface area contributed by atoms with Crippen LogP contribution < -0.4 is 4.89 Å². The fourth-order valence-electron chi connectivity index (χ4n) is 7.26. The molecule has 364 valence electrons. The topological polar surface area (TPSA) is 129 Å². The van der Waals surface area contributed by atoms with Gasteiger partial charge in [-0.25, -0.2) is 0 Å². The lowest BCUT2D eigenvalue weighted by Crippen LogP contribution is -2.34. The first-order valence-electron chi connectivity index (χ1n) is 24.1. The van der Waals surface area contributed by atoms with E-state index in [1.54, 1.807) is 6.08 Å². The van der Waals surface area contributed by atoms with Crippen molar-refractivity contribution in [1.29, 1.82) is 0 Å². The quantitative estimate of drug-likeness (QED) is 0.0439. The number of aliphatic hydroxyl groups is 3. The Balaban J connectivity index is 2.25. The minimum absolute atomic E-state index is 0.216. The zero-order chi connectivity index (χ0) is 47.9. The molecule has 0 saturated carbocycles. The van der Waals surface area contributed by atoms with Gasteiger partial charge in [0, 0.05) is 0 Å². The van der Waals surface area contributed by atoms with Crippen molar-refractivity contribution in [2.45, 2.75) is 216 Å². The second kappa shape index (κ2) is 34.6. The standard InChI is InChI=1S/C55H91O8P/c1-42(2)21-12-22-43(3)23-13-24-44(4)25-14-26-45(5)27-15-28-46(6)29-16-30-47(7)31-17-32-48(8)33-18-34-49(9)35-19-36-50(10)37-20-38-51(11)39-40-61-64(59,60)63-55-54(58)53(57)52(41-56)62-55/h21,23,25,27,29,31,33,35,37,39,52-58H,12-20,22,24,26,28,30,32,34,36,38,40-41H2,1-11H3,(H,59,60)/p-1/b43-23+,44-25-,45-27-,46-29-,47-31-,48-33-,49-35-,50-37-,51-39-/t52-,53-,54-,55+/m1/s1. The third-order valence-corrected chi connectivity index (χ3v) is 12.7. The average molecular weight is 910 g/mol. The molecule has 5 atom stereocenters. The van der Waals surface area contributed by atoms with Gasteiger partial charge < -0.3 is 29.5 Å². The minimum Gasteiger partial charge on any atom is -0.756 e. The van der Waals surface area contributed by atoms with Gasteiger partial charge in [0.05, 0.1) is 13.2 Å². The van der Waals surface area contributed by atoms with Crippen LogP contribution in [0.3, 0.4) is 0 Å². The summed E-state index contributed by atoms with van der Waals surface area (Å²) >= 11 is 0. The van der Waals surface area contributed by atoms with E-state index in [2.05, 4.69) is 124 Å². The lowest BCUT2D eigenvalue weighted by atomic mass is 10.0. The molecule has 0 spiro atoms. The zero-order valence-electron chi connectivity index (χ0n) is 42.1. The number of phosphoric ester groups is 1. The van der Waals surface area contributed by atoms with Crippen LogP contribution in [-0.4, -0.2) is 53.1 Å². The SMILES string of the molecule is CC(C)=CCC/C(C)=C/CC/C(C)=C\CC/C(C)=C\CC/C(C)=C\CC/C(C)=C\CC/C(C)=C\CC/C(C)=C\CC/C(C)=C\CC/C(C)=C\COP(=O)([O-])O[C@@H]1O[C@H](CO)[C@@H](O)[C@H]1O. The molecule has 0 bridgehead atoms. The van der Waals surface area contributed by atoms with Crippen LogP contribution in [0.25, 0.3) is 0 Å². The fraction of sp³-hybridized carbons (Fsp3) is 0.636. The van der Waals surface area contributed by atoms with Gasteiger partial charge in [-0.15, -0.1) is 0 Å². The van der Waals surface area contributed by atoms with Gasteiger partial charge in [0.25, 0.3) is 7.82 Å². The van der Waals surface area contributed by atoms with Crippen molar-refractivity contribution in [2.75, 3.05) is 13.2 Å². The van der Waals surface area contributed by atoms with E-state index in [0.717, 1.165) is 108 Å². The number of rotatable bonds is 33. The summed E-state index contributed by atoms with van der Waals surface area (Å²) in [4.78, 5) is 12.1. The van der Waals surface area contributed by atoms with Crippen molar-refractivity contribution < 1.29 is 38.6 Å². The maximum atomic E-state index is 12.1. The summed E-state index contributed by atoms with van der Waals surface area (Å²) < 4.78 is 26.8. The molecular weight excluding hydrogens is 820 g/mol. The number of hydrogen-bond donors (Lipinski definition) is 3. The van der Waals surface area contributed by atoms with Crippen LogP contribution in [-0.2, 0) is 18.3 Å². The molecule has 0 aliphatic carbocycles. The van der Waals surface area contributed by atoms with Gasteiger partial charge in [-0.2, -0.15) is 0 Å². The molecule has 64 heavy (non-hydrogen) atoms. The van der Waals surface area contributed by atoms with Crippen molar-refractivity contribution in [3.63, 3.8) is 0 Å². The van der Waals surface area contributed by atoms with E-state index in [9.17, 15) is 19.7 Å². The van der Waals surface area contributed by atoms with Gasteiger partial charge in [0.1, 0.15) is 18.3 Å². The Hall–Kier alpha value is -2.65. The van der Waals surface area contributed by atoms with Crippen LogP contribution in [0, 0.1) is 0 Å². The summed E-state index contributed by atoms with van der Waals surface area (Å²) in [6, 6.07) is 0. The van der Waals surface area contributed by atoms with E-state index < -0.39 is 39.0 Å². The zero-order valence-corrected chi connectivity index (χ0v) is 42.9. The van der Waals surface area contributed by atoms with E-state index in [1.807, 2.05) is 6.92 Å². The summed E-state index contributed by atoms with van der Waals surface area (Å²) in [5.74, 6) is 0. The van der Waals surface area contributed by atoms with E-state index in [4.69, 9.17) is 18.9 Å². The molecule has 1 saturated heterocycles. The van der Waals surface area contributed by atoms with Gasteiger partial charge in [0.15, 0.2) is 6.29 Å². The van der Waals surface area contributed by atoms with Gasteiger partial charge >= 0.3 is 0 Å². The Morgan fingerprint density at radius 2 is 0.734 bits per heavy atom. The highest BCUT2D eigenvalue weighted by atomic mass is 31.2. The summed E-state index contributed by atoms with van der Waals surface area (Å²) in [6.45, 7) is 23.5. The molecule has 0 aromatic rings. The van der Waals surface area contributed by atoms with Crippen LogP contribution in [0.2, 0.25) is 0 Å². The molecule has 0 aromatic carbocycles. The molecular formula is C55H90O8P-. The highest BCUT2D eigenvalue weighted by Crippen LogP contribution is 2.42. The van der Waals surface area contributed by atoms with Crippen molar-refractivity contribution in [3.8, 4) is 0 Å². The minimum atomic E-state index is -4.80. The Morgan fingerprint density at radius 3 is 0.984 bits per heavy atom. The molecule has 1 fully saturated rings. The van der Waals surface area contributed by atoms with Crippen molar-refractivity contribution in [2.24, 2.45) is 0 Å². The Morgan fingerprint density at radius 1 is 0.469 bits per heavy atom. The lowest BCUT2D eigenvalue weighted by molar-refractivity contribution is -0.248. The molecule has 0 aromatic heterocycles. The van der Waals surface area contributed by atoms with Crippen molar-refractivity contribution >= 4 is 7.82 Å². The molecule has 1 unspecified atom stereocenters. The van der Waals surface area contributed by atoms with E-state index in [1.165, 1.54) is 63.0 Å². The predicted octanol–water partition coefficient (Wildman–Crippen LogP) is 14.4. The highest BCUT2D eigenvalue weighted by Gasteiger charge is 2.44. The molecule has 9 heteroatoms. The summed E-state index contributed by atoms with van der Waals surface area (Å²) in [5.41, 5.74) is 14.1. The molecule has 8 nitrogen and oxygen atoms in total. The van der Waals surface area contributed by atoms with E-state index >= 15 is 0 Å². The van der Waals surface area contributed by atoms with E-state index in [-0.39, 0.29) is 6.61 Å². The summed E-state index contributed by atoms with van der Waals surface area (Å²) in [7, 11) is -4.80. The molecule has 1 aliphatic rings. The highest BCUT2D eigenvalue weighted by molar-refractivity contribution is 7.45. The first kappa shape index (κ1) is 59.4. The van der Waals surface area contributed by atoms with Gasteiger partial charge in [-0.3, -0.25) is 9.09 Å². The number of aliphatic hydroxyl groups excluding tert-OH is 3. The summed E-state index contributed by atoms with van der Waals surface area (Å²) in [5, 5.41) is 28.8. The summed E-state index contributed by atoms with van der Waals surface area (Å²) in [6.07, 6.45) is 36.8. The normalized spacial score (nSPS) is 21.2. The molecule has 3 N–H and O–H groups in total. The largest absolute Gasteiger partial charge is 0.756 e. The predicted molar refractivity (Wildman–Crippen MR) is 269 cm³/mol. The first-order valence-corrected chi connectivity index (χ1v) is 25.6. The van der Waals surface area contributed by atoms with Crippen LogP contribution in [0.1, 0.15) is 192 Å². The second-order valence-electron chi connectivity index (χ2n) is 18.6. The first-order chi connectivity index (χ1) is 30.3. The molecule has 0 amide bonds. The third-order valence-electron chi connectivity index (χ3n) is 11.7. The van der Waals surface area contributed by atoms with Crippen molar-refractivity contribution in [1.82, 2.24) is 0 Å². The smallest absolute Gasteiger partial charge is 0.270 e. The number of hydrogen-bond acceptors (Lipinski definition) is 8. The third kappa shape index (κ3) is 30.5. The van der Waals surface area contributed by atoms with E-state index in [0.29, 0.717) is 0 Å². The molecule has 1 aliphatic heterocycles. The number of phosphoric acid groups is 1. The monoisotopic (exact) mass is 910 g/mol. The van der Waals surface area contributed by atoms with Crippen LogP contribution in [0.4, 0.5) is 0 Å². The van der Waals surface area contributed by atoms with Gasteiger partial charge in [-0.1, -0.05) is 116 Å². The fourth-order valence-corrected chi connectivity index (χ4v) is 8.00. The van der Waals surface area contributed by atoms with Crippen molar-refractivity contribution in [3.05, 3.63) is 116 Å². The Kier molecular flexibility index (Phi) is 32.1. The lowest BCUT2D eigenvalue weighted by Gasteiger charge is -2.26. The number of allylic oxidation sites excluding steroid dienone is 19. The van der Waals surface area contributed by atoms with Gasteiger partial charge in [0.2, 0.25) is 0 Å². The Labute approximate surface area is 391 Å². The maximum Gasteiger partial charge on any atom is 0.270 e. The Bertz CT molecular complexity index is 1710. The maximum absolute atomic E-state index is 12.1.